The lowest BCUT2D eigenvalue weighted by Gasteiger charge is -2.37. The number of hydrogen-bond acceptors (Lipinski definition) is 7. The van der Waals surface area contributed by atoms with E-state index in [4.69, 9.17) is 14.5 Å². The van der Waals surface area contributed by atoms with Crippen molar-refractivity contribution in [1.29, 1.82) is 0 Å². The molecule has 2 aliphatic heterocycles. The highest BCUT2D eigenvalue weighted by Crippen LogP contribution is 2.45. The number of carbonyl (C=O) groups excluding carboxylic acids is 1. The van der Waals surface area contributed by atoms with E-state index < -0.39 is 0 Å². The Labute approximate surface area is 179 Å². The number of hydrogen-bond donors (Lipinski definition) is 0. The van der Waals surface area contributed by atoms with Gasteiger partial charge in [-0.3, -0.25) is 4.98 Å². The molecule has 4 aliphatic rings. The maximum atomic E-state index is 12.3. The number of piperazine rings is 1. The van der Waals surface area contributed by atoms with Gasteiger partial charge in [0.25, 0.3) is 0 Å². The Kier molecular flexibility index (Phi) is 4.49. The lowest BCUT2D eigenvalue weighted by Crippen LogP contribution is -2.51. The number of rotatable bonds is 4. The van der Waals surface area contributed by atoms with Gasteiger partial charge in [0.15, 0.2) is 6.10 Å². The third-order valence-electron chi connectivity index (χ3n) is 6.26. The molecular formula is C22H24N4O3S. The fraction of sp³-hybridized carbons (Fsp3) is 0.500. The minimum atomic E-state index is -0.222. The van der Waals surface area contributed by atoms with Gasteiger partial charge in [-0.25, -0.2) is 9.78 Å². The molecule has 0 aromatic carbocycles. The molecule has 2 aliphatic carbocycles. The number of nitrogens with zero attached hydrogens (tertiary/aromatic N) is 4. The number of pyridine rings is 1. The van der Waals surface area contributed by atoms with Gasteiger partial charge in [0, 0.05) is 61.1 Å². The first-order chi connectivity index (χ1) is 14.7. The highest BCUT2D eigenvalue weighted by molar-refractivity contribution is 7.12. The van der Waals surface area contributed by atoms with Gasteiger partial charge in [0.1, 0.15) is 5.01 Å². The third-order valence-corrected chi connectivity index (χ3v) is 7.49. The lowest BCUT2D eigenvalue weighted by atomic mass is 10.1. The van der Waals surface area contributed by atoms with E-state index in [-0.39, 0.29) is 12.2 Å². The second-order valence-corrected chi connectivity index (χ2v) is 9.46. The van der Waals surface area contributed by atoms with Gasteiger partial charge >= 0.3 is 6.09 Å². The Morgan fingerprint density at radius 3 is 2.73 bits per heavy atom. The molecule has 1 saturated carbocycles. The molecule has 7 nitrogen and oxygen atoms in total. The number of ether oxygens (including phenoxy) is 2. The zero-order valence-electron chi connectivity index (χ0n) is 16.7. The van der Waals surface area contributed by atoms with Gasteiger partial charge in [-0.1, -0.05) is 0 Å². The van der Waals surface area contributed by atoms with Crippen LogP contribution in [0.5, 0.6) is 0 Å². The van der Waals surface area contributed by atoms with Gasteiger partial charge in [0.2, 0.25) is 0 Å². The van der Waals surface area contributed by atoms with Gasteiger partial charge in [-0.15, -0.1) is 11.3 Å². The number of thiazole rings is 1. The first-order valence-electron chi connectivity index (χ1n) is 10.7. The number of amides is 1. The number of aromatic nitrogens is 2. The Morgan fingerprint density at radius 1 is 1.17 bits per heavy atom. The zero-order valence-corrected chi connectivity index (χ0v) is 17.6. The molecule has 156 valence electrons. The van der Waals surface area contributed by atoms with E-state index in [1.54, 1.807) is 4.90 Å². The van der Waals surface area contributed by atoms with Crippen LogP contribution in [0.3, 0.4) is 0 Å². The largest absolute Gasteiger partial charge is 0.441 e. The Hall–Kier alpha value is -2.45. The molecule has 30 heavy (non-hydrogen) atoms. The Balaban J connectivity index is 1.16. The number of anilines is 1. The summed E-state index contributed by atoms with van der Waals surface area (Å²) in [4.78, 5) is 27.2. The fourth-order valence-electron chi connectivity index (χ4n) is 4.24. The molecule has 4 heterocycles. The fourth-order valence-corrected chi connectivity index (χ4v) is 5.34. The molecule has 0 atom stereocenters. The Morgan fingerprint density at radius 2 is 2.00 bits per heavy atom. The molecule has 8 heteroatoms. The second-order valence-electron chi connectivity index (χ2n) is 8.40. The van der Waals surface area contributed by atoms with Gasteiger partial charge in [-0.2, -0.15) is 0 Å². The van der Waals surface area contributed by atoms with Crippen LogP contribution in [0.15, 0.2) is 18.5 Å². The van der Waals surface area contributed by atoms with Crippen molar-refractivity contribution in [1.82, 2.24) is 14.9 Å². The molecule has 3 fully saturated rings. The highest BCUT2D eigenvalue weighted by atomic mass is 32.1. The molecular weight excluding hydrogens is 400 g/mol. The SMILES string of the molecule is O=C(OC1COC1)N1CCN(c2ccnc3c2C=C(c2ncc(C4CC4)s2)C3)CC1. The summed E-state index contributed by atoms with van der Waals surface area (Å²) in [5, 5.41) is 1.13. The van der Waals surface area contributed by atoms with Gasteiger partial charge in [-0.05, 0) is 36.5 Å². The lowest BCUT2D eigenvalue weighted by molar-refractivity contribution is -0.104. The van der Waals surface area contributed by atoms with Crippen LogP contribution in [0.25, 0.3) is 11.6 Å². The van der Waals surface area contributed by atoms with Crippen molar-refractivity contribution in [3.63, 3.8) is 0 Å². The summed E-state index contributed by atoms with van der Waals surface area (Å²) in [5.41, 5.74) is 4.80. The molecule has 6 rings (SSSR count). The monoisotopic (exact) mass is 424 g/mol. The highest BCUT2D eigenvalue weighted by Gasteiger charge is 2.30. The van der Waals surface area contributed by atoms with Crippen LogP contribution in [0, 0.1) is 0 Å². The van der Waals surface area contributed by atoms with E-state index in [1.165, 1.54) is 34.5 Å². The molecule has 0 radical (unpaired) electrons. The summed E-state index contributed by atoms with van der Waals surface area (Å²) < 4.78 is 10.5. The minimum absolute atomic E-state index is 0.0751. The summed E-state index contributed by atoms with van der Waals surface area (Å²) in [6, 6.07) is 2.09. The predicted octanol–water partition coefficient (Wildman–Crippen LogP) is 3.17. The predicted molar refractivity (Wildman–Crippen MR) is 115 cm³/mol. The van der Waals surface area contributed by atoms with Crippen LogP contribution in [0.1, 0.15) is 39.9 Å². The summed E-state index contributed by atoms with van der Waals surface area (Å²) in [5.74, 6) is 0.745. The maximum absolute atomic E-state index is 12.3. The summed E-state index contributed by atoms with van der Waals surface area (Å²) in [6.07, 6.45) is 9.39. The van der Waals surface area contributed by atoms with E-state index in [9.17, 15) is 4.79 Å². The van der Waals surface area contributed by atoms with Crippen molar-refractivity contribution in [2.45, 2.75) is 31.3 Å². The van der Waals surface area contributed by atoms with Gasteiger partial charge in [0.05, 0.1) is 18.9 Å². The average Bonchev–Trinajstić information content (AvgIpc) is 3.30. The van der Waals surface area contributed by atoms with Crippen molar-refractivity contribution in [2.75, 3.05) is 44.3 Å². The zero-order chi connectivity index (χ0) is 20.1. The van der Waals surface area contributed by atoms with Crippen LogP contribution < -0.4 is 4.90 Å². The molecule has 0 bridgehead atoms. The molecule has 2 aromatic rings. The topological polar surface area (TPSA) is 67.8 Å². The van der Waals surface area contributed by atoms with Crippen LogP contribution in [0.2, 0.25) is 0 Å². The van der Waals surface area contributed by atoms with E-state index >= 15 is 0 Å². The average molecular weight is 425 g/mol. The van der Waals surface area contributed by atoms with E-state index in [0.717, 1.165) is 36.1 Å². The van der Waals surface area contributed by atoms with E-state index in [1.807, 2.05) is 17.5 Å². The van der Waals surface area contributed by atoms with Crippen LogP contribution in [-0.2, 0) is 15.9 Å². The maximum Gasteiger partial charge on any atom is 0.410 e. The van der Waals surface area contributed by atoms with Crippen molar-refractivity contribution >= 4 is 34.8 Å². The molecule has 0 unspecified atom stereocenters. The van der Waals surface area contributed by atoms with Crippen molar-refractivity contribution in [3.8, 4) is 0 Å². The van der Waals surface area contributed by atoms with Gasteiger partial charge < -0.3 is 19.3 Å². The van der Waals surface area contributed by atoms with Crippen LogP contribution >= 0.6 is 11.3 Å². The minimum Gasteiger partial charge on any atom is -0.441 e. The summed E-state index contributed by atoms with van der Waals surface area (Å²) in [6.45, 7) is 3.95. The molecule has 0 N–H and O–H groups in total. The number of carbonyl (C=O) groups is 1. The van der Waals surface area contributed by atoms with E-state index in [0.29, 0.717) is 26.3 Å². The standard InChI is InChI=1S/C22H24N4O3S/c27-22(29-16-12-28-13-16)26-7-5-25(6-8-26)19-3-4-23-18-10-15(9-17(18)19)21-24-11-20(30-21)14-1-2-14/h3-4,9,11,14,16H,1-2,5-8,10,12-13H2. The first-order valence-corrected chi connectivity index (χ1v) is 11.5. The van der Waals surface area contributed by atoms with E-state index in [2.05, 4.69) is 28.2 Å². The summed E-state index contributed by atoms with van der Waals surface area (Å²) in [7, 11) is 0. The first kappa shape index (κ1) is 18.3. The van der Waals surface area contributed by atoms with Crippen molar-refractivity contribution in [2.24, 2.45) is 0 Å². The van der Waals surface area contributed by atoms with Crippen LogP contribution in [-0.4, -0.2) is 66.5 Å². The molecule has 0 spiro atoms. The second kappa shape index (κ2) is 7.35. The molecule has 1 amide bonds. The normalized spacial score (nSPS) is 21.3. The number of allylic oxidation sites excluding steroid dienone is 1. The van der Waals surface area contributed by atoms with Crippen molar-refractivity contribution in [3.05, 3.63) is 39.6 Å². The molecule has 2 aromatic heterocycles. The smallest absolute Gasteiger partial charge is 0.410 e. The van der Waals surface area contributed by atoms with Crippen molar-refractivity contribution < 1.29 is 14.3 Å². The quantitative estimate of drug-likeness (QED) is 0.751. The van der Waals surface area contributed by atoms with Crippen LogP contribution in [0.4, 0.5) is 10.5 Å². The third kappa shape index (κ3) is 3.37. The number of fused-ring (bicyclic) bond motifs is 1. The molecule has 2 saturated heterocycles. The summed E-state index contributed by atoms with van der Waals surface area (Å²) >= 11 is 1.84. The Bertz CT molecular complexity index is 1000.